The van der Waals surface area contributed by atoms with Crippen LogP contribution < -0.4 is 4.31 Å². The Morgan fingerprint density at radius 1 is 1.03 bits per heavy atom. The molecule has 10 heteroatoms. The fraction of sp³-hybridized carbons (Fsp3) is 0.231. The summed E-state index contributed by atoms with van der Waals surface area (Å²) in [5, 5.41) is 10.7. The maximum atomic E-state index is 12.9. The van der Waals surface area contributed by atoms with Gasteiger partial charge in [-0.25, -0.2) is 13.2 Å². The molecule has 1 saturated heterocycles. The van der Waals surface area contributed by atoms with Crippen molar-refractivity contribution in [3.8, 4) is 6.07 Å². The van der Waals surface area contributed by atoms with Crippen LogP contribution in [0.2, 0.25) is 10.0 Å². The lowest BCUT2D eigenvalue weighted by molar-refractivity contribution is 0.0600. The van der Waals surface area contributed by atoms with Gasteiger partial charge in [-0.05, 0) is 53.6 Å². The Morgan fingerprint density at radius 3 is 2.00 bits per heavy atom. The Bertz CT molecular complexity index is 1370. The summed E-state index contributed by atoms with van der Waals surface area (Å²) in [6.07, 6.45) is 1.11. The van der Waals surface area contributed by atoms with Crippen molar-refractivity contribution in [3.05, 3.63) is 99.0 Å². The molecule has 1 aliphatic heterocycles. The van der Waals surface area contributed by atoms with Gasteiger partial charge in [-0.3, -0.25) is 9.21 Å². The van der Waals surface area contributed by atoms with Crippen LogP contribution in [-0.4, -0.2) is 51.8 Å². The van der Waals surface area contributed by atoms with Crippen molar-refractivity contribution in [1.82, 2.24) is 4.90 Å². The van der Waals surface area contributed by atoms with Gasteiger partial charge in [-0.15, -0.1) is 0 Å². The third kappa shape index (κ3) is 5.50. The SMILES string of the molecule is COC(=O)c1cc(C#N)cc(N(C2CN(C(c3ccc(Cl)cc3)c3ccc(Cl)cc3)C2)S(C)(=O)=O)c1. The molecule has 7 nitrogen and oxygen atoms in total. The normalized spacial score (nSPS) is 14.2. The summed E-state index contributed by atoms with van der Waals surface area (Å²) >= 11 is 12.2. The molecule has 0 aromatic heterocycles. The van der Waals surface area contributed by atoms with Crippen molar-refractivity contribution in [2.45, 2.75) is 12.1 Å². The van der Waals surface area contributed by atoms with Gasteiger partial charge in [0, 0.05) is 23.1 Å². The smallest absolute Gasteiger partial charge is 0.337 e. The molecule has 0 spiro atoms. The zero-order chi connectivity index (χ0) is 26.0. The maximum absolute atomic E-state index is 12.9. The van der Waals surface area contributed by atoms with E-state index in [4.69, 9.17) is 27.9 Å². The molecular weight excluding hydrogens is 521 g/mol. The van der Waals surface area contributed by atoms with E-state index in [0.717, 1.165) is 17.4 Å². The molecule has 4 rings (SSSR count). The summed E-state index contributed by atoms with van der Waals surface area (Å²) in [4.78, 5) is 14.3. The lowest BCUT2D eigenvalue weighted by Crippen LogP contribution is -2.61. The number of hydrogen-bond acceptors (Lipinski definition) is 6. The highest BCUT2D eigenvalue weighted by molar-refractivity contribution is 7.92. The molecule has 36 heavy (non-hydrogen) atoms. The standard InChI is InChI=1S/C26H23Cl2N3O4S/c1-35-26(32)20-11-17(14-29)12-23(13-20)31(36(2,33)34)24-15-30(16-24)25(18-3-7-21(27)8-4-18)19-5-9-22(28)10-6-19/h3-13,24-25H,15-16H2,1-2H3. The second kappa shape index (κ2) is 10.5. The first-order chi connectivity index (χ1) is 17.1. The molecule has 0 amide bonds. The van der Waals surface area contributed by atoms with Crippen LogP contribution in [0.4, 0.5) is 5.69 Å². The highest BCUT2D eigenvalue weighted by atomic mass is 35.5. The van der Waals surface area contributed by atoms with E-state index < -0.39 is 22.0 Å². The zero-order valence-corrected chi connectivity index (χ0v) is 21.9. The molecular formula is C26H23Cl2N3O4S. The number of likely N-dealkylation sites (tertiary alicyclic amines) is 1. The van der Waals surface area contributed by atoms with Gasteiger partial charge in [-0.1, -0.05) is 47.5 Å². The lowest BCUT2D eigenvalue weighted by Gasteiger charge is -2.48. The zero-order valence-electron chi connectivity index (χ0n) is 19.6. The minimum absolute atomic E-state index is 0.108. The molecule has 1 heterocycles. The maximum Gasteiger partial charge on any atom is 0.337 e. The predicted molar refractivity (Wildman–Crippen MR) is 140 cm³/mol. The fourth-order valence-electron chi connectivity index (χ4n) is 4.46. The van der Waals surface area contributed by atoms with Crippen LogP contribution in [0.1, 0.15) is 33.1 Å². The highest BCUT2D eigenvalue weighted by Gasteiger charge is 2.41. The molecule has 1 aliphatic rings. The van der Waals surface area contributed by atoms with E-state index in [1.54, 1.807) is 0 Å². The van der Waals surface area contributed by atoms with Gasteiger partial charge in [0.2, 0.25) is 10.0 Å². The largest absolute Gasteiger partial charge is 0.465 e. The molecule has 3 aromatic rings. The van der Waals surface area contributed by atoms with Gasteiger partial charge >= 0.3 is 5.97 Å². The van der Waals surface area contributed by atoms with Crippen molar-refractivity contribution >= 4 is 44.9 Å². The van der Waals surface area contributed by atoms with Gasteiger partial charge in [0.1, 0.15) is 0 Å². The fourth-order valence-corrected chi connectivity index (χ4v) is 5.88. The molecule has 3 aromatic carbocycles. The van der Waals surface area contributed by atoms with E-state index in [0.29, 0.717) is 23.1 Å². The van der Waals surface area contributed by atoms with Gasteiger partial charge in [0.05, 0.1) is 48.3 Å². The number of halogens is 2. The minimum atomic E-state index is -3.73. The van der Waals surface area contributed by atoms with Crippen LogP contribution in [0.5, 0.6) is 0 Å². The molecule has 0 unspecified atom stereocenters. The Labute approximate surface area is 220 Å². The van der Waals surface area contributed by atoms with Crippen LogP contribution >= 0.6 is 23.2 Å². The number of esters is 1. The van der Waals surface area contributed by atoms with Crippen LogP contribution in [-0.2, 0) is 14.8 Å². The van der Waals surface area contributed by atoms with Crippen molar-refractivity contribution in [2.75, 3.05) is 30.8 Å². The summed E-state index contributed by atoms with van der Waals surface area (Å²) in [5.74, 6) is -0.650. The first-order valence-corrected chi connectivity index (χ1v) is 13.6. The van der Waals surface area contributed by atoms with Crippen molar-refractivity contribution in [2.24, 2.45) is 0 Å². The van der Waals surface area contributed by atoms with E-state index in [2.05, 4.69) is 4.90 Å². The number of methoxy groups -OCH3 is 1. The molecule has 0 bridgehead atoms. The number of benzene rings is 3. The van der Waals surface area contributed by atoms with Crippen LogP contribution in [0.15, 0.2) is 66.7 Å². The van der Waals surface area contributed by atoms with Gasteiger partial charge in [0.25, 0.3) is 0 Å². The number of rotatable bonds is 7. The van der Waals surface area contributed by atoms with Gasteiger partial charge in [0.15, 0.2) is 0 Å². The van der Waals surface area contributed by atoms with Crippen molar-refractivity contribution in [1.29, 1.82) is 5.26 Å². The molecule has 0 radical (unpaired) electrons. The summed E-state index contributed by atoms with van der Waals surface area (Å²) in [7, 11) is -2.50. The Hall–Kier alpha value is -3.09. The van der Waals surface area contributed by atoms with Crippen LogP contribution in [0, 0.1) is 11.3 Å². The second-order valence-corrected chi connectivity index (χ2v) is 11.3. The molecule has 186 valence electrons. The van der Waals surface area contributed by atoms with E-state index in [-0.39, 0.29) is 22.9 Å². The monoisotopic (exact) mass is 543 g/mol. The van der Waals surface area contributed by atoms with Crippen LogP contribution in [0.25, 0.3) is 0 Å². The average molecular weight is 544 g/mol. The number of anilines is 1. The Kier molecular flexibility index (Phi) is 7.57. The summed E-state index contributed by atoms with van der Waals surface area (Å²) in [5.41, 5.74) is 2.53. The first-order valence-electron chi connectivity index (χ1n) is 11.0. The summed E-state index contributed by atoms with van der Waals surface area (Å²) in [6, 6.07) is 20.8. The molecule has 0 N–H and O–H groups in total. The molecule has 0 atom stereocenters. The van der Waals surface area contributed by atoms with E-state index >= 15 is 0 Å². The van der Waals surface area contributed by atoms with Gasteiger partial charge < -0.3 is 4.74 Å². The minimum Gasteiger partial charge on any atom is -0.465 e. The van der Waals surface area contributed by atoms with E-state index in [9.17, 15) is 18.5 Å². The first kappa shape index (κ1) is 26.0. The number of ether oxygens (including phenoxy) is 1. The van der Waals surface area contributed by atoms with E-state index in [1.165, 1.54) is 29.6 Å². The molecule has 1 fully saturated rings. The lowest BCUT2D eigenvalue weighted by atomic mass is 9.93. The molecule has 0 saturated carbocycles. The Morgan fingerprint density at radius 2 is 1.56 bits per heavy atom. The number of carbonyl (C=O) groups is 1. The number of nitriles is 1. The predicted octanol–water partition coefficient (Wildman–Crippen LogP) is 4.89. The highest BCUT2D eigenvalue weighted by Crippen LogP contribution is 2.37. The number of nitrogens with zero attached hydrogens (tertiary/aromatic N) is 3. The number of sulfonamides is 1. The van der Waals surface area contributed by atoms with Crippen molar-refractivity contribution < 1.29 is 17.9 Å². The second-order valence-electron chi connectivity index (χ2n) is 8.54. The molecule has 0 aliphatic carbocycles. The van der Waals surface area contributed by atoms with Crippen LogP contribution in [0.3, 0.4) is 0 Å². The third-order valence-corrected chi connectivity index (χ3v) is 7.77. The topological polar surface area (TPSA) is 90.7 Å². The number of carbonyl (C=O) groups excluding carboxylic acids is 1. The Balaban J connectivity index is 1.68. The quantitative estimate of drug-likeness (QED) is 0.394. The van der Waals surface area contributed by atoms with Crippen molar-refractivity contribution in [3.63, 3.8) is 0 Å². The van der Waals surface area contributed by atoms with Gasteiger partial charge in [-0.2, -0.15) is 5.26 Å². The summed E-state index contributed by atoms with van der Waals surface area (Å²) in [6.45, 7) is 0.848. The summed E-state index contributed by atoms with van der Waals surface area (Å²) < 4.78 is 31.8. The number of hydrogen-bond donors (Lipinski definition) is 0. The van der Waals surface area contributed by atoms with E-state index in [1.807, 2.05) is 54.6 Å². The average Bonchev–Trinajstić information content (AvgIpc) is 2.83. The third-order valence-electron chi connectivity index (χ3n) is 6.04.